The second kappa shape index (κ2) is 7.82. The second-order valence-corrected chi connectivity index (χ2v) is 5.45. The minimum absolute atomic E-state index is 0.0935. The molecule has 0 saturated carbocycles. The highest BCUT2D eigenvalue weighted by molar-refractivity contribution is 6.36. The zero-order chi connectivity index (χ0) is 15.9. The molecule has 2 N–H and O–H groups in total. The topological polar surface area (TPSA) is 61.7 Å². The lowest BCUT2D eigenvalue weighted by Gasteiger charge is -2.10. The number of hydrogen-bond acceptors (Lipinski definition) is 3. The lowest BCUT2D eigenvalue weighted by Crippen LogP contribution is -2.33. The molecule has 0 aliphatic rings. The zero-order valence-corrected chi connectivity index (χ0v) is 13.1. The van der Waals surface area contributed by atoms with Crippen molar-refractivity contribution < 1.29 is 10.0 Å². The fraction of sp³-hybridized carbons (Fsp3) is 0.125. The number of benzene rings is 2. The van der Waals surface area contributed by atoms with E-state index >= 15 is 0 Å². The third kappa shape index (κ3) is 4.48. The van der Waals surface area contributed by atoms with Gasteiger partial charge in [0.05, 0.1) is 6.42 Å². The minimum Gasteiger partial charge on any atom is -0.409 e. The van der Waals surface area contributed by atoms with E-state index in [4.69, 9.17) is 28.4 Å². The summed E-state index contributed by atoms with van der Waals surface area (Å²) in [6, 6.07) is 14.4. The minimum atomic E-state index is -0.276. The third-order valence-corrected chi connectivity index (χ3v) is 3.73. The van der Waals surface area contributed by atoms with E-state index in [0.29, 0.717) is 15.6 Å². The van der Waals surface area contributed by atoms with Crippen LogP contribution >= 0.6 is 23.2 Å². The average Bonchev–Trinajstić information content (AvgIpc) is 2.51. The number of halogens is 2. The van der Waals surface area contributed by atoms with Crippen molar-refractivity contribution in [2.24, 2.45) is 5.16 Å². The van der Waals surface area contributed by atoms with E-state index < -0.39 is 0 Å². The summed E-state index contributed by atoms with van der Waals surface area (Å²) >= 11 is 12.1. The van der Waals surface area contributed by atoms with Gasteiger partial charge in [-0.1, -0.05) is 64.8 Å². The Bertz CT molecular complexity index is 668. The first-order chi connectivity index (χ1) is 10.6. The number of nitrogens with one attached hydrogen (secondary N) is 1. The number of rotatable bonds is 4. The van der Waals surface area contributed by atoms with E-state index in [2.05, 4.69) is 10.5 Å². The summed E-state index contributed by atoms with van der Waals surface area (Å²) in [5.74, 6) is -0.182. The summed E-state index contributed by atoms with van der Waals surface area (Å²) < 4.78 is 0. The molecule has 0 aromatic heterocycles. The Morgan fingerprint density at radius 1 is 1.00 bits per heavy atom. The van der Waals surface area contributed by atoms with Gasteiger partial charge in [-0.15, -0.1) is 0 Å². The lowest BCUT2D eigenvalue weighted by molar-refractivity contribution is -0.119. The zero-order valence-electron chi connectivity index (χ0n) is 11.6. The number of carbonyl (C=O) groups excluding carboxylic acids is 1. The van der Waals surface area contributed by atoms with Crippen molar-refractivity contribution in [2.75, 3.05) is 0 Å². The molecule has 0 heterocycles. The predicted octanol–water partition coefficient (Wildman–Crippen LogP) is 3.68. The van der Waals surface area contributed by atoms with Gasteiger partial charge < -0.3 is 10.5 Å². The van der Waals surface area contributed by atoms with E-state index in [9.17, 15) is 4.79 Å². The van der Waals surface area contributed by atoms with E-state index in [0.717, 1.165) is 5.56 Å². The van der Waals surface area contributed by atoms with Crippen LogP contribution in [0, 0.1) is 0 Å². The largest absolute Gasteiger partial charge is 0.409 e. The number of amidine groups is 1. The highest BCUT2D eigenvalue weighted by atomic mass is 35.5. The first-order valence-corrected chi connectivity index (χ1v) is 7.33. The molecular formula is C16H14Cl2N2O2. The SMILES string of the molecule is O=C(Cc1ccccc1)NC(Cc1c(Cl)cccc1Cl)=NO. The Morgan fingerprint density at radius 2 is 1.64 bits per heavy atom. The predicted molar refractivity (Wildman–Crippen MR) is 87.7 cm³/mol. The lowest BCUT2D eigenvalue weighted by atomic mass is 10.1. The molecule has 0 aliphatic heterocycles. The van der Waals surface area contributed by atoms with Gasteiger partial charge in [-0.25, -0.2) is 0 Å². The molecule has 22 heavy (non-hydrogen) atoms. The van der Waals surface area contributed by atoms with Crippen LogP contribution in [0.5, 0.6) is 0 Å². The summed E-state index contributed by atoms with van der Waals surface area (Å²) in [6.07, 6.45) is 0.325. The average molecular weight is 337 g/mol. The molecule has 0 unspecified atom stereocenters. The van der Waals surface area contributed by atoms with E-state index in [1.165, 1.54) is 0 Å². The van der Waals surface area contributed by atoms with Gasteiger partial charge in [0, 0.05) is 16.5 Å². The summed E-state index contributed by atoms with van der Waals surface area (Å²) in [5, 5.41) is 15.6. The summed E-state index contributed by atoms with van der Waals surface area (Å²) in [7, 11) is 0. The van der Waals surface area contributed by atoms with Crippen molar-refractivity contribution >= 4 is 34.9 Å². The van der Waals surface area contributed by atoms with Crippen LogP contribution in [0.15, 0.2) is 53.7 Å². The van der Waals surface area contributed by atoms with Gasteiger partial charge in [0.1, 0.15) is 0 Å². The fourth-order valence-corrected chi connectivity index (χ4v) is 2.49. The van der Waals surface area contributed by atoms with Gasteiger partial charge in [0.2, 0.25) is 5.91 Å². The molecule has 0 fully saturated rings. The quantitative estimate of drug-likeness (QED) is 0.387. The van der Waals surface area contributed by atoms with Crippen LogP contribution in [-0.4, -0.2) is 17.0 Å². The van der Waals surface area contributed by atoms with Gasteiger partial charge in [0.25, 0.3) is 0 Å². The molecule has 4 nitrogen and oxygen atoms in total. The Labute approximate surface area is 138 Å². The van der Waals surface area contributed by atoms with Gasteiger partial charge >= 0.3 is 0 Å². The van der Waals surface area contributed by atoms with Gasteiger partial charge in [-0.3, -0.25) is 4.79 Å². The summed E-state index contributed by atoms with van der Waals surface area (Å²) in [5.41, 5.74) is 1.46. The molecule has 0 aliphatic carbocycles. The van der Waals surface area contributed by atoms with Crippen LogP contribution in [0.4, 0.5) is 0 Å². The number of carbonyl (C=O) groups is 1. The van der Waals surface area contributed by atoms with Crippen LogP contribution in [0.1, 0.15) is 11.1 Å². The van der Waals surface area contributed by atoms with Crippen molar-refractivity contribution in [1.82, 2.24) is 5.32 Å². The summed E-state index contributed by atoms with van der Waals surface area (Å²) in [6.45, 7) is 0. The van der Waals surface area contributed by atoms with E-state index in [1.807, 2.05) is 30.3 Å². The van der Waals surface area contributed by atoms with Gasteiger partial charge in [-0.2, -0.15) is 0 Å². The number of hydrogen-bond donors (Lipinski definition) is 2. The monoisotopic (exact) mass is 336 g/mol. The molecule has 0 bridgehead atoms. The molecule has 114 valence electrons. The van der Waals surface area contributed by atoms with E-state index in [-0.39, 0.29) is 24.6 Å². The van der Waals surface area contributed by atoms with Crippen molar-refractivity contribution in [1.29, 1.82) is 0 Å². The van der Waals surface area contributed by atoms with Crippen LogP contribution < -0.4 is 5.32 Å². The van der Waals surface area contributed by atoms with Crippen molar-refractivity contribution in [3.05, 3.63) is 69.7 Å². The Balaban J connectivity index is 2.02. The maximum atomic E-state index is 12.0. The van der Waals surface area contributed by atoms with Crippen LogP contribution in [-0.2, 0) is 17.6 Å². The van der Waals surface area contributed by atoms with Crippen molar-refractivity contribution in [3.63, 3.8) is 0 Å². The maximum Gasteiger partial charge on any atom is 0.229 e. The molecule has 2 rings (SSSR count). The number of oxime groups is 1. The molecular weight excluding hydrogens is 323 g/mol. The number of nitrogens with zero attached hydrogens (tertiary/aromatic N) is 1. The maximum absolute atomic E-state index is 12.0. The van der Waals surface area contributed by atoms with Crippen LogP contribution in [0.2, 0.25) is 10.0 Å². The Morgan fingerprint density at radius 3 is 2.23 bits per heavy atom. The highest BCUT2D eigenvalue weighted by Gasteiger charge is 2.13. The molecule has 6 heteroatoms. The highest BCUT2D eigenvalue weighted by Crippen LogP contribution is 2.24. The van der Waals surface area contributed by atoms with Gasteiger partial charge in [-0.05, 0) is 23.3 Å². The Kier molecular flexibility index (Phi) is 5.81. The summed E-state index contributed by atoms with van der Waals surface area (Å²) in [4.78, 5) is 12.0. The van der Waals surface area contributed by atoms with Crippen molar-refractivity contribution in [3.8, 4) is 0 Å². The molecule has 2 aromatic carbocycles. The first kappa shape index (κ1) is 16.3. The molecule has 0 radical (unpaired) electrons. The fourth-order valence-electron chi connectivity index (χ4n) is 1.96. The number of amides is 1. The normalized spacial score (nSPS) is 11.3. The van der Waals surface area contributed by atoms with Crippen molar-refractivity contribution in [2.45, 2.75) is 12.8 Å². The second-order valence-electron chi connectivity index (χ2n) is 4.63. The standard InChI is InChI=1S/C16H14Cl2N2O2/c17-13-7-4-8-14(18)12(13)10-15(20-22)19-16(21)9-11-5-2-1-3-6-11/h1-8,22H,9-10H2,(H,19,20,21). The molecule has 0 spiro atoms. The van der Waals surface area contributed by atoms with E-state index in [1.54, 1.807) is 18.2 Å². The third-order valence-electron chi connectivity index (χ3n) is 3.02. The smallest absolute Gasteiger partial charge is 0.229 e. The Hall–Kier alpha value is -2.04. The van der Waals surface area contributed by atoms with Gasteiger partial charge in [0.15, 0.2) is 5.84 Å². The van der Waals surface area contributed by atoms with Crippen LogP contribution in [0.3, 0.4) is 0 Å². The molecule has 0 saturated heterocycles. The first-order valence-electron chi connectivity index (χ1n) is 6.57. The molecule has 2 aromatic rings. The van der Waals surface area contributed by atoms with Crippen LogP contribution in [0.25, 0.3) is 0 Å². The molecule has 1 amide bonds. The molecule has 0 atom stereocenters.